The molecule has 33 heavy (non-hydrogen) atoms. The smallest absolute Gasteiger partial charge is 0.310 e. The maximum Gasteiger partial charge on any atom is 0.310 e. The van der Waals surface area contributed by atoms with Crippen LogP contribution in [0, 0.1) is 0 Å². The maximum atomic E-state index is 13.1. The molecule has 172 valence electrons. The van der Waals surface area contributed by atoms with E-state index in [4.69, 9.17) is 0 Å². The second kappa shape index (κ2) is 10.9. The van der Waals surface area contributed by atoms with Crippen LogP contribution in [-0.2, 0) is 15.0 Å². The van der Waals surface area contributed by atoms with Crippen molar-refractivity contribution in [2.75, 3.05) is 23.9 Å². The van der Waals surface area contributed by atoms with E-state index in [-0.39, 0.29) is 18.8 Å². The molecule has 0 aliphatic heterocycles. The van der Waals surface area contributed by atoms with Crippen LogP contribution in [0.3, 0.4) is 0 Å². The molecule has 0 saturated carbocycles. The zero-order chi connectivity index (χ0) is 23.8. The first kappa shape index (κ1) is 24.2. The van der Waals surface area contributed by atoms with Crippen molar-refractivity contribution in [3.8, 4) is 11.1 Å². The molecule has 0 radical (unpaired) electrons. The first-order valence-electron chi connectivity index (χ1n) is 10.7. The summed E-state index contributed by atoms with van der Waals surface area (Å²) >= 11 is 0. The lowest BCUT2D eigenvalue weighted by Crippen LogP contribution is -2.50. The molecule has 3 aromatic carbocycles. The Labute approximate surface area is 194 Å². The van der Waals surface area contributed by atoms with Crippen molar-refractivity contribution in [2.24, 2.45) is 0 Å². The number of hydrogen-bond donors (Lipinski definition) is 1. The molecule has 0 atom stereocenters. The maximum absolute atomic E-state index is 13.1. The van der Waals surface area contributed by atoms with E-state index in [1.165, 1.54) is 4.31 Å². The number of hydrogen-bond acceptors (Lipinski definition) is 4. The average molecular weight is 466 g/mol. The van der Waals surface area contributed by atoms with E-state index in [9.17, 15) is 18.0 Å². The molecule has 7 nitrogen and oxygen atoms in total. The Morgan fingerprint density at radius 2 is 1.27 bits per heavy atom. The molecule has 0 spiro atoms. The molecular weight excluding hydrogens is 438 g/mol. The number of carbonyl (C=O) groups is 2. The summed E-state index contributed by atoms with van der Waals surface area (Å²) in [6.45, 7) is 3.38. The molecule has 0 fully saturated rings. The van der Waals surface area contributed by atoms with Gasteiger partial charge in [-0.05, 0) is 35.4 Å². The fourth-order valence-electron chi connectivity index (χ4n) is 3.41. The van der Waals surface area contributed by atoms with Gasteiger partial charge < -0.3 is 5.32 Å². The summed E-state index contributed by atoms with van der Waals surface area (Å²) in [4.78, 5) is 25.6. The lowest BCUT2D eigenvalue weighted by Gasteiger charge is -2.28. The number of nitrogens with one attached hydrogen (secondary N) is 1. The van der Waals surface area contributed by atoms with Crippen LogP contribution in [0.4, 0.5) is 5.69 Å². The fourth-order valence-corrected chi connectivity index (χ4v) is 5.00. The van der Waals surface area contributed by atoms with Crippen molar-refractivity contribution in [3.05, 3.63) is 90.5 Å². The van der Waals surface area contributed by atoms with E-state index in [1.54, 1.807) is 56.3 Å². The van der Waals surface area contributed by atoms with Crippen molar-refractivity contribution >= 4 is 27.7 Å². The van der Waals surface area contributed by atoms with E-state index >= 15 is 0 Å². The Morgan fingerprint density at radius 3 is 1.82 bits per heavy atom. The molecule has 8 heteroatoms. The summed E-state index contributed by atoms with van der Waals surface area (Å²) in [7, 11) is -4.10. The highest BCUT2D eigenvalue weighted by molar-refractivity contribution is 7.91. The van der Waals surface area contributed by atoms with Crippen molar-refractivity contribution < 1.29 is 18.0 Å². The summed E-state index contributed by atoms with van der Waals surface area (Å²) in [6, 6.07) is 24.9. The van der Waals surface area contributed by atoms with Gasteiger partial charge in [-0.15, -0.1) is 0 Å². The predicted octanol–water partition coefficient (Wildman–Crippen LogP) is 3.70. The predicted molar refractivity (Wildman–Crippen MR) is 130 cm³/mol. The zero-order valence-electron chi connectivity index (χ0n) is 18.6. The summed E-state index contributed by atoms with van der Waals surface area (Å²) in [5.41, 5.74) is 2.58. The van der Waals surface area contributed by atoms with E-state index < -0.39 is 28.6 Å². The number of anilines is 1. The SMILES string of the molecule is CCN(CC)S(=O)(=O)N(C(=O)CNC(=O)c1ccc(-c2ccccc2)cc1)c1ccccc1. The number of amides is 2. The monoisotopic (exact) mass is 465 g/mol. The second-order valence-electron chi connectivity index (χ2n) is 7.21. The second-order valence-corrected chi connectivity index (χ2v) is 8.99. The molecule has 0 saturated heterocycles. The van der Waals surface area contributed by atoms with Crippen molar-refractivity contribution in [3.63, 3.8) is 0 Å². The molecule has 0 unspecified atom stereocenters. The normalized spacial score (nSPS) is 11.2. The first-order valence-corrected chi connectivity index (χ1v) is 12.1. The molecular formula is C25H27N3O4S. The van der Waals surface area contributed by atoms with Gasteiger partial charge in [-0.1, -0.05) is 74.5 Å². The summed E-state index contributed by atoms with van der Waals surface area (Å²) in [6.07, 6.45) is 0. The zero-order valence-corrected chi connectivity index (χ0v) is 19.5. The van der Waals surface area contributed by atoms with Crippen molar-refractivity contribution in [2.45, 2.75) is 13.8 Å². The summed E-state index contributed by atoms with van der Waals surface area (Å²) in [5.74, 6) is -1.21. The number of carbonyl (C=O) groups excluding carboxylic acids is 2. The lowest BCUT2D eigenvalue weighted by atomic mass is 10.0. The third-order valence-electron chi connectivity index (χ3n) is 5.13. The van der Waals surface area contributed by atoms with Gasteiger partial charge in [-0.3, -0.25) is 9.59 Å². The molecule has 1 N–H and O–H groups in total. The van der Waals surface area contributed by atoms with Crippen LogP contribution < -0.4 is 9.62 Å². The largest absolute Gasteiger partial charge is 0.343 e. The minimum Gasteiger partial charge on any atom is -0.343 e. The lowest BCUT2D eigenvalue weighted by molar-refractivity contribution is -0.116. The third kappa shape index (κ3) is 5.66. The van der Waals surface area contributed by atoms with E-state index in [1.807, 2.05) is 42.5 Å². The van der Waals surface area contributed by atoms with Gasteiger partial charge in [0.2, 0.25) is 0 Å². The Kier molecular flexibility index (Phi) is 7.97. The molecule has 0 aromatic heterocycles. The minimum absolute atomic E-state index is 0.218. The topological polar surface area (TPSA) is 86.8 Å². The van der Waals surface area contributed by atoms with Crippen LogP contribution in [0.25, 0.3) is 11.1 Å². The van der Waals surface area contributed by atoms with Gasteiger partial charge in [0.05, 0.1) is 12.2 Å². The first-order chi connectivity index (χ1) is 15.9. The van der Waals surface area contributed by atoms with Crippen molar-refractivity contribution in [1.82, 2.24) is 9.62 Å². The van der Waals surface area contributed by atoms with Gasteiger partial charge >= 0.3 is 10.2 Å². The van der Waals surface area contributed by atoms with Crippen LogP contribution in [-0.4, -0.2) is 44.2 Å². The van der Waals surface area contributed by atoms with Crippen LogP contribution in [0.1, 0.15) is 24.2 Å². The Hall–Kier alpha value is -3.49. The summed E-state index contributed by atoms with van der Waals surface area (Å²) < 4.78 is 28.2. The number of para-hydroxylation sites is 1. The molecule has 0 heterocycles. The Morgan fingerprint density at radius 1 is 0.758 bits per heavy atom. The highest BCUT2D eigenvalue weighted by atomic mass is 32.2. The van der Waals surface area contributed by atoms with Crippen LogP contribution in [0.5, 0.6) is 0 Å². The van der Waals surface area contributed by atoms with Crippen molar-refractivity contribution in [1.29, 1.82) is 0 Å². The Bertz CT molecular complexity index is 1180. The number of rotatable bonds is 9. The number of nitrogens with zero attached hydrogens (tertiary/aromatic N) is 2. The van der Waals surface area contributed by atoms with Gasteiger partial charge in [0.15, 0.2) is 0 Å². The molecule has 0 aliphatic carbocycles. The molecule has 3 aromatic rings. The van der Waals surface area contributed by atoms with Crippen LogP contribution in [0.15, 0.2) is 84.9 Å². The quantitative estimate of drug-likeness (QED) is 0.522. The Balaban J connectivity index is 1.75. The average Bonchev–Trinajstić information content (AvgIpc) is 2.84. The van der Waals surface area contributed by atoms with Crippen LogP contribution in [0.2, 0.25) is 0 Å². The summed E-state index contributed by atoms with van der Waals surface area (Å²) in [5, 5.41) is 2.54. The van der Waals surface area contributed by atoms with Crippen LogP contribution >= 0.6 is 0 Å². The fraction of sp³-hybridized carbons (Fsp3) is 0.200. The standard InChI is InChI=1S/C25H27N3O4S/c1-3-27(4-2)33(31,32)28(23-13-9-6-10-14-23)24(29)19-26-25(30)22-17-15-21(16-18-22)20-11-7-5-8-12-20/h5-18H,3-4,19H2,1-2H3,(H,26,30). The third-order valence-corrected chi connectivity index (χ3v) is 7.18. The van der Waals surface area contributed by atoms with Gasteiger partial charge in [0.1, 0.15) is 0 Å². The highest BCUT2D eigenvalue weighted by Gasteiger charge is 2.33. The van der Waals surface area contributed by atoms with E-state index in [2.05, 4.69) is 5.32 Å². The van der Waals surface area contributed by atoms with E-state index in [0.717, 1.165) is 15.4 Å². The highest BCUT2D eigenvalue weighted by Crippen LogP contribution is 2.21. The molecule has 3 rings (SSSR count). The minimum atomic E-state index is -4.10. The van der Waals surface area contributed by atoms with Gasteiger partial charge in [0, 0.05) is 18.7 Å². The molecule has 2 amide bonds. The molecule has 0 bridgehead atoms. The number of benzene rings is 3. The van der Waals surface area contributed by atoms with Gasteiger partial charge in [-0.2, -0.15) is 17.0 Å². The van der Waals surface area contributed by atoms with Gasteiger partial charge in [0.25, 0.3) is 11.8 Å². The van der Waals surface area contributed by atoms with Gasteiger partial charge in [-0.25, -0.2) is 0 Å². The van der Waals surface area contributed by atoms with E-state index in [0.29, 0.717) is 5.56 Å². The molecule has 0 aliphatic rings.